The first-order chi connectivity index (χ1) is 26.3. The van der Waals surface area contributed by atoms with Gasteiger partial charge in [-0.25, -0.2) is 15.0 Å². The quantitative estimate of drug-likeness (QED) is 0.182. The summed E-state index contributed by atoms with van der Waals surface area (Å²) < 4.78 is 8.97. The first-order valence-corrected chi connectivity index (χ1v) is 21.0. The van der Waals surface area contributed by atoms with Crippen LogP contribution in [0.3, 0.4) is 0 Å². The fourth-order valence-electron chi connectivity index (χ4n) is 13.1. The molecule has 4 aromatic carbocycles. The van der Waals surface area contributed by atoms with Crippen LogP contribution in [-0.4, -0.2) is 19.5 Å². The number of furan rings is 1. The zero-order valence-electron chi connectivity index (χ0n) is 32.3. The fourth-order valence-corrected chi connectivity index (χ4v) is 13.1. The normalized spacial score (nSPS) is 31.1. The number of fused-ring (bicyclic) bond motifs is 13. The van der Waals surface area contributed by atoms with E-state index in [9.17, 15) is 0 Å². The summed E-state index contributed by atoms with van der Waals surface area (Å²) in [5.74, 6) is 7.34. The molecule has 5 heteroatoms. The van der Waals surface area contributed by atoms with E-state index >= 15 is 0 Å². The molecule has 5 nitrogen and oxygen atoms in total. The van der Waals surface area contributed by atoms with Gasteiger partial charge in [0.25, 0.3) is 0 Å². The maximum Gasteiger partial charge on any atom is 0.165 e. The van der Waals surface area contributed by atoms with E-state index in [-0.39, 0.29) is 10.8 Å². The van der Waals surface area contributed by atoms with Gasteiger partial charge in [0.2, 0.25) is 0 Å². The van der Waals surface area contributed by atoms with Gasteiger partial charge in [0, 0.05) is 32.6 Å². The van der Waals surface area contributed by atoms with Gasteiger partial charge in [-0.05, 0) is 136 Å². The van der Waals surface area contributed by atoms with Gasteiger partial charge in [0.15, 0.2) is 5.82 Å². The summed E-state index contributed by atoms with van der Waals surface area (Å²) in [7, 11) is 0. The highest BCUT2D eigenvalue weighted by Gasteiger charge is 2.50. The third-order valence-corrected chi connectivity index (χ3v) is 14.7. The van der Waals surface area contributed by atoms with Gasteiger partial charge in [-0.15, -0.1) is 0 Å². The molecule has 0 N–H and O–H groups in total. The Morgan fingerprint density at radius 1 is 0.611 bits per heavy atom. The lowest BCUT2D eigenvalue weighted by atomic mass is 9.56. The van der Waals surface area contributed by atoms with Gasteiger partial charge in [-0.1, -0.05) is 76.2 Å². The third kappa shape index (κ3) is 4.92. The molecule has 5 fully saturated rings. The lowest BCUT2D eigenvalue weighted by Gasteiger charge is -2.49. The standard InChI is InChI=1S/C49H52N4O/c1-29-21-33-22-30(2)26-49(25-29,28-33)47-51-45(50-46(52-47)48-20-19-34(32(4)27-48)23-31(3)24-48)37-12-6-9-15-40(37)53-39-14-8-5-11-35(39)36-17-18-42-43(44(36)53)38-13-7-10-16-41(38)54-42/h5-18,29-34H,19-28H2,1-4H3/t29-,30+,31-,32-,33-,34?,48?,49?/m1/s1. The minimum atomic E-state index is -0.00145. The second-order valence-corrected chi connectivity index (χ2v) is 18.9. The van der Waals surface area contributed by atoms with Gasteiger partial charge in [-0.3, -0.25) is 0 Å². The summed E-state index contributed by atoms with van der Waals surface area (Å²) in [6.45, 7) is 9.95. The van der Waals surface area contributed by atoms with E-state index in [0.717, 1.165) is 62.5 Å². The Labute approximate surface area is 318 Å². The summed E-state index contributed by atoms with van der Waals surface area (Å²) in [6.07, 6.45) is 12.4. The van der Waals surface area contributed by atoms with Crippen molar-refractivity contribution >= 4 is 43.7 Å². The van der Waals surface area contributed by atoms with Gasteiger partial charge < -0.3 is 8.98 Å². The van der Waals surface area contributed by atoms with Crippen LogP contribution < -0.4 is 0 Å². The maximum atomic E-state index is 6.49. The predicted octanol–water partition coefficient (Wildman–Crippen LogP) is 12.7. The molecule has 0 aliphatic heterocycles. The number of para-hydroxylation sites is 3. The van der Waals surface area contributed by atoms with E-state index in [0.29, 0.717) is 23.7 Å². The number of hydrogen-bond donors (Lipinski definition) is 0. The van der Waals surface area contributed by atoms with Crippen LogP contribution in [-0.2, 0) is 10.8 Å². The van der Waals surface area contributed by atoms with Crippen LogP contribution in [0.25, 0.3) is 60.8 Å². The van der Waals surface area contributed by atoms with Crippen LogP contribution in [0.15, 0.2) is 89.3 Å². The Bertz CT molecular complexity index is 2550. The van der Waals surface area contributed by atoms with Crippen molar-refractivity contribution in [2.24, 2.45) is 35.5 Å². The van der Waals surface area contributed by atoms with Crippen LogP contribution >= 0.6 is 0 Å². The van der Waals surface area contributed by atoms with Gasteiger partial charge in [0.05, 0.1) is 22.1 Å². The van der Waals surface area contributed by atoms with Crippen LogP contribution in [0.5, 0.6) is 0 Å². The van der Waals surface area contributed by atoms with E-state index in [1.54, 1.807) is 0 Å². The maximum absolute atomic E-state index is 6.49. The molecule has 5 aliphatic rings. The number of nitrogens with zero attached hydrogens (tertiary/aromatic N) is 4. The summed E-state index contributed by atoms with van der Waals surface area (Å²) >= 11 is 0. The molecule has 0 saturated heterocycles. The molecule has 0 spiro atoms. The van der Waals surface area contributed by atoms with Crippen molar-refractivity contribution in [2.45, 2.75) is 103 Å². The molecule has 0 radical (unpaired) electrons. The summed E-state index contributed by atoms with van der Waals surface area (Å²) in [5, 5.41) is 4.76. The zero-order valence-corrected chi connectivity index (χ0v) is 32.3. The molecule has 5 saturated carbocycles. The first-order valence-electron chi connectivity index (χ1n) is 21.0. The average molecular weight is 713 g/mol. The van der Waals surface area contributed by atoms with Gasteiger partial charge >= 0.3 is 0 Å². The molecule has 54 heavy (non-hydrogen) atoms. The number of aromatic nitrogens is 4. The predicted molar refractivity (Wildman–Crippen MR) is 220 cm³/mol. The molecule has 274 valence electrons. The molecule has 7 aromatic rings. The second-order valence-electron chi connectivity index (χ2n) is 18.9. The third-order valence-electron chi connectivity index (χ3n) is 14.7. The Morgan fingerprint density at radius 3 is 2.11 bits per heavy atom. The molecule has 8 atom stereocenters. The molecule has 3 heterocycles. The molecular formula is C49H52N4O. The molecule has 3 unspecified atom stereocenters. The number of benzene rings is 4. The Kier molecular flexibility index (Phi) is 7.30. The van der Waals surface area contributed by atoms with Crippen molar-refractivity contribution in [1.29, 1.82) is 0 Å². The summed E-state index contributed by atoms with van der Waals surface area (Å²) in [6, 6.07) is 30.6. The van der Waals surface area contributed by atoms with Crippen molar-refractivity contribution in [2.75, 3.05) is 0 Å². The summed E-state index contributed by atoms with van der Waals surface area (Å²) in [4.78, 5) is 17.2. The highest BCUT2D eigenvalue weighted by atomic mass is 16.3. The van der Waals surface area contributed by atoms with Crippen molar-refractivity contribution in [3.63, 3.8) is 0 Å². The monoisotopic (exact) mass is 712 g/mol. The molecule has 0 amide bonds. The van der Waals surface area contributed by atoms with E-state index in [1.165, 1.54) is 86.0 Å². The lowest BCUT2D eigenvalue weighted by molar-refractivity contribution is 0.0710. The van der Waals surface area contributed by atoms with Crippen LogP contribution in [0.4, 0.5) is 0 Å². The first kappa shape index (κ1) is 32.9. The highest BCUT2D eigenvalue weighted by Crippen LogP contribution is 2.56. The van der Waals surface area contributed by atoms with Crippen molar-refractivity contribution in [3.8, 4) is 17.1 Å². The fraction of sp³-hybridized carbons (Fsp3) is 0.449. The van der Waals surface area contributed by atoms with Gasteiger partial charge in [-0.2, -0.15) is 0 Å². The van der Waals surface area contributed by atoms with Crippen LogP contribution in [0, 0.1) is 35.5 Å². The molecule has 5 aliphatic carbocycles. The van der Waals surface area contributed by atoms with Crippen molar-refractivity contribution in [1.82, 2.24) is 19.5 Å². The van der Waals surface area contributed by atoms with Crippen LogP contribution in [0.1, 0.15) is 104 Å². The Balaban J connectivity index is 1.19. The SMILES string of the molecule is C[C@@H]1C[C@@H]2C[C@H](C)CC(c3nc(-c4ccccc4-n4c5ccccc5c5ccc6oc7ccccc7c6c54)nc(C45CCC(C[C@@H](C)C4)[C@H](C)C5)n3)(C1)C2. The molecular weight excluding hydrogens is 661 g/mol. The summed E-state index contributed by atoms with van der Waals surface area (Å²) in [5.41, 5.74) is 6.37. The molecule has 12 rings (SSSR count). The minimum absolute atomic E-state index is 0.00145. The molecule has 3 aromatic heterocycles. The topological polar surface area (TPSA) is 56.7 Å². The van der Waals surface area contributed by atoms with Crippen molar-refractivity contribution in [3.05, 3.63) is 96.6 Å². The smallest absolute Gasteiger partial charge is 0.165 e. The number of rotatable bonds is 4. The van der Waals surface area contributed by atoms with E-state index < -0.39 is 0 Å². The molecule has 4 bridgehead atoms. The average Bonchev–Trinajstić information content (AvgIpc) is 3.60. The zero-order chi connectivity index (χ0) is 36.3. The van der Waals surface area contributed by atoms with Crippen molar-refractivity contribution < 1.29 is 4.42 Å². The van der Waals surface area contributed by atoms with Crippen LogP contribution in [0.2, 0.25) is 0 Å². The highest BCUT2D eigenvalue weighted by molar-refractivity contribution is 6.24. The van der Waals surface area contributed by atoms with E-state index in [2.05, 4.69) is 117 Å². The van der Waals surface area contributed by atoms with E-state index in [4.69, 9.17) is 19.4 Å². The van der Waals surface area contributed by atoms with Gasteiger partial charge in [0.1, 0.15) is 22.8 Å². The Hall–Kier alpha value is -4.51. The van der Waals surface area contributed by atoms with E-state index in [1.807, 2.05) is 0 Å². The number of hydrogen-bond acceptors (Lipinski definition) is 4. The minimum Gasteiger partial charge on any atom is -0.456 e. The Morgan fingerprint density at radius 2 is 1.30 bits per heavy atom. The largest absolute Gasteiger partial charge is 0.456 e. The lowest BCUT2D eigenvalue weighted by Crippen LogP contribution is -2.44. The second kappa shape index (κ2) is 12.0.